The van der Waals surface area contributed by atoms with Crippen LogP contribution in [-0.2, 0) is 4.79 Å². The molecular weight excluding hydrogens is 164 g/mol. The van der Waals surface area contributed by atoms with Gasteiger partial charge in [0.2, 0.25) is 0 Å². The Bertz CT molecular complexity index is 299. The Kier molecular flexibility index (Phi) is 1.81. The third-order valence-electron chi connectivity index (χ3n) is 3.28. The fraction of sp³-hybridized carbons (Fsp3) is 0.700. The summed E-state index contributed by atoms with van der Waals surface area (Å²) < 4.78 is 0. The summed E-state index contributed by atoms with van der Waals surface area (Å²) in [5.41, 5.74) is 0. The van der Waals surface area contributed by atoms with Crippen LogP contribution in [0.15, 0.2) is 0 Å². The van der Waals surface area contributed by atoms with Crippen LogP contribution in [0.4, 0.5) is 0 Å². The molecule has 3 heteroatoms. The molecule has 0 spiro atoms. The van der Waals surface area contributed by atoms with E-state index in [1.54, 1.807) is 12.1 Å². The topological polar surface area (TPSA) is 64.7 Å². The Balaban J connectivity index is 2.01. The SMILES string of the molecule is N#CC(C#N)C(=O)C1C2CCCC21. The molecule has 2 atom stereocenters. The van der Waals surface area contributed by atoms with E-state index in [1.165, 1.54) is 6.42 Å². The van der Waals surface area contributed by atoms with Crippen molar-refractivity contribution in [2.75, 3.05) is 0 Å². The molecular formula is C10H10N2O. The third-order valence-corrected chi connectivity index (χ3v) is 3.28. The monoisotopic (exact) mass is 174 g/mol. The van der Waals surface area contributed by atoms with E-state index < -0.39 is 5.92 Å². The van der Waals surface area contributed by atoms with Crippen molar-refractivity contribution >= 4 is 5.78 Å². The molecule has 0 heterocycles. The molecule has 66 valence electrons. The van der Waals surface area contributed by atoms with Crippen LogP contribution in [0, 0.1) is 46.3 Å². The highest BCUT2D eigenvalue weighted by molar-refractivity contribution is 5.90. The zero-order chi connectivity index (χ0) is 9.42. The number of hydrogen-bond donors (Lipinski definition) is 0. The summed E-state index contributed by atoms with van der Waals surface area (Å²) >= 11 is 0. The van der Waals surface area contributed by atoms with Crippen molar-refractivity contribution in [3.05, 3.63) is 0 Å². The van der Waals surface area contributed by atoms with Crippen molar-refractivity contribution < 1.29 is 4.79 Å². The first kappa shape index (κ1) is 8.26. The van der Waals surface area contributed by atoms with Gasteiger partial charge in [-0.15, -0.1) is 0 Å². The van der Waals surface area contributed by atoms with Crippen LogP contribution in [0.2, 0.25) is 0 Å². The number of Topliss-reactive ketones (excluding diaryl/α,β-unsaturated/α-hetero) is 1. The molecule has 13 heavy (non-hydrogen) atoms. The Hall–Kier alpha value is -1.35. The minimum atomic E-state index is -1.02. The van der Waals surface area contributed by atoms with Gasteiger partial charge in [0.25, 0.3) is 0 Å². The lowest BCUT2D eigenvalue weighted by molar-refractivity contribution is -0.121. The maximum Gasteiger partial charge on any atom is 0.191 e. The number of fused-ring (bicyclic) bond motifs is 1. The van der Waals surface area contributed by atoms with E-state index in [2.05, 4.69) is 0 Å². The first-order valence-electron chi connectivity index (χ1n) is 4.62. The van der Waals surface area contributed by atoms with Crippen LogP contribution in [0.1, 0.15) is 19.3 Å². The van der Waals surface area contributed by atoms with Gasteiger partial charge >= 0.3 is 0 Å². The molecule has 2 aliphatic carbocycles. The number of rotatable bonds is 2. The predicted molar refractivity (Wildman–Crippen MR) is 44.0 cm³/mol. The van der Waals surface area contributed by atoms with Crippen LogP contribution in [0.3, 0.4) is 0 Å². The predicted octanol–water partition coefficient (Wildman–Crippen LogP) is 1.26. The largest absolute Gasteiger partial charge is 0.297 e. The van der Waals surface area contributed by atoms with Crippen molar-refractivity contribution in [3.8, 4) is 12.1 Å². The van der Waals surface area contributed by atoms with E-state index in [0.717, 1.165) is 12.8 Å². The fourth-order valence-corrected chi connectivity index (χ4v) is 2.59. The number of nitriles is 2. The summed E-state index contributed by atoms with van der Waals surface area (Å²) in [5.74, 6) is -0.0678. The second-order valence-electron chi connectivity index (χ2n) is 3.88. The van der Waals surface area contributed by atoms with E-state index in [9.17, 15) is 4.79 Å². The van der Waals surface area contributed by atoms with Gasteiger partial charge < -0.3 is 0 Å². The summed E-state index contributed by atoms with van der Waals surface area (Å²) in [4.78, 5) is 11.5. The summed E-state index contributed by atoms with van der Waals surface area (Å²) in [6.07, 6.45) is 3.44. The van der Waals surface area contributed by atoms with Gasteiger partial charge in [0, 0.05) is 5.92 Å². The molecule has 0 bridgehead atoms. The second kappa shape index (κ2) is 2.85. The molecule has 0 radical (unpaired) electrons. The molecule has 0 aromatic rings. The van der Waals surface area contributed by atoms with E-state index in [0.29, 0.717) is 11.8 Å². The molecule has 0 N–H and O–H groups in total. The molecule has 2 saturated carbocycles. The summed E-state index contributed by atoms with van der Waals surface area (Å²) in [5, 5.41) is 17.1. The minimum Gasteiger partial charge on any atom is -0.297 e. The highest BCUT2D eigenvalue weighted by Crippen LogP contribution is 2.58. The quantitative estimate of drug-likeness (QED) is 0.633. The first-order chi connectivity index (χ1) is 6.29. The van der Waals surface area contributed by atoms with Gasteiger partial charge in [-0.2, -0.15) is 10.5 Å². The van der Waals surface area contributed by atoms with E-state index in [1.807, 2.05) is 0 Å². The molecule has 2 fully saturated rings. The molecule has 2 aliphatic rings. The van der Waals surface area contributed by atoms with E-state index in [-0.39, 0.29) is 11.7 Å². The Morgan fingerprint density at radius 3 is 2.23 bits per heavy atom. The van der Waals surface area contributed by atoms with Crippen molar-refractivity contribution in [1.29, 1.82) is 10.5 Å². The van der Waals surface area contributed by atoms with E-state index in [4.69, 9.17) is 10.5 Å². The zero-order valence-electron chi connectivity index (χ0n) is 7.23. The molecule has 0 aliphatic heterocycles. The lowest BCUT2D eigenvalue weighted by Gasteiger charge is -2.01. The number of nitrogens with zero attached hydrogens (tertiary/aromatic N) is 2. The zero-order valence-corrected chi connectivity index (χ0v) is 7.23. The lowest BCUT2D eigenvalue weighted by Crippen LogP contribution is -2.15. The normalized spacial score (nSPS) is 34.8. The summed E-state index contributed by atoms with van der Waals surface area (Å²) in [6, 6.07) is 3.50. The van der Waals surface area contributed by atoms with Crippen molar-refractivity contribution in [2.45, 2.75) is 19.3 Å². The molecule has 0 aromatic heterocycles. The maximum absolute atomic E-state index is 11.5. The van der Waals surface area contributed by atoms with E-state index >= 15 is 0 Å². The van der Waals surface area contributed by atoms with Crippen LogP contribution in [0.25, 0.3) is 0 Å². The highest BCUT2D eigenvalue weighted by atomic mass is 16.1. The average Bonchev–Trinajstić information content (AvgIpc) is 2.62. The maximum atomic E-state index is 11.5. The van der Waals surface area contributed by atoms with Gasteiger partial charge in [-0.3, -0.25) is 4.79 Å². The number of carbonyl (C=O) groups excluding carboxylic acids is 1. The fourth-order valence-electron chi connectivity index (χ4n) is 2.59. The molecule has 2 rings (SSSR count). The average molecular weight is 174 g/mol. The van der Waals surface area contributed by atoms with Gasteiger partial charge in [-0.05, 0) is 24.7 Å². The number of ketones is 1. The third kappa shape index (κ3) is 1.12. The van der Waals surface area contributed by atoms with Crippen LogP contribution >= 0.6 is 0 Å². The van der Waals surface area contributed by atoms with Gasteiger partial charge in [-0.1, -0.05) is 6.42 Å². The Morgan fingerprint density at radius 2 is 1.77 bits per heavy atom. The highest BCUT2D eigenvalue weighted by Gasteiger charge is 2.57. The first-order valence-corrected chi connectivity index (χ1v) is 4.62. The smallest absolute Gasteiger partial charge is 0.191 e. The number of hydrogen-bond acceptors (Lipinski definition) is 3. The summed E-state index contributed by atoms with van der Waals surface area (Å²) in [7, 11) is 0. The summed E-state index contributed by atoms with van der Waals surface area (Å²) in [6.45, 7) is 0. The van der Waals surface area contributed by atoms with Gasteiger partial charge in [-0.25, -0.2) is 0 Å². The van der Waals surface area contributed by atoms with Crippen molar-refractivity contribution in [2.24, 2.45) is 23.7 Å². The van der Waals surface area contributed by atoms with Gasteiger partial charge in [0.05, 0.1) is 12.1 Å². The lowest BCUT2D eigenvalue weighted by atomic mass is 9.98. The Labute approximate surface area is 77.0 Å². The van der Waals surface area contributed by atoms with Crippen molar-refractivity contribution in [1.82, 2.24) is 0 Å². The second-order valence-corrected chi connectivity index (χ2v) is 3.88. The molecule has 0 saturated heterocycles. The van der Waals surface area contributed by atoms with Gasteiger partial charge in [0.15, 0.2) is 11.7 Å². The molecule has 0 aromatic carbocycles. The standard InChI is InChI=1S/C10H10N2O/c11-4-6(5-12)10(13)9-7-2-1-3-8(7)9/h6-9H,1-3H2. The molecule has 2 unspecified atom stereocenters. The van der Waals surface area contributed by atoms with Crippen molar-refractivity contribution in [3.63, 3.8) is 0 Å². The van der Waals surface area contributed by atoms with Crippen LogP contribution in [0.5, 0.6) is 0 Å². The van der Waals surface area contributed by atoms with Crippen LogP contribution in [-0.4, -0.2) is 5.78 Å². The van der Waals surface area contributed by atoms with Crippen LogP contribution < -0.4 is 0 Å². The molecule has 0 amide bonds. The Morgan fingerprint density at radius 1 is 1.23 bits per heavy atom. The minimum absolute atomic E-state index is 0.0537. The number of carbonyl (C=O) groups is 1. The van der Waals surface area contributed by atoms with Gasteiger partial charge in [0.1, 0.15) is 0 Å². The molecule has 3 nitrogen and oxygen atoms in total.